The zero-order valence-corrected chi connectivity index (χ0v) is 11.6. The Hall–Kier alpha value is -1.89. The van der Waals surface area contributed by atoms with Gasteiger partial charge in [-0.3, -0.25) is 4.79 Å². The van der Waals surface area contributed by atoms with Gasteiger partial charge in [0.2, 0.25) is 0 Å². The van der Waals surface area contributed by atoms with Gasteiger partial charge in [0.05, 0.1) is 5.56 Å². The summed E-state index contributed by atoms with van der Waals surface area (Å²) in [6, 6.07) is 5.32. The highest BCUT2D eigenvalue weighted by Crippen LogP contribution is 2.06. The molecule has 0 aliphatic heterocycles. The van der Waals surface area contributed by atoms with Crippen molar-refractivity contribution in [3.05, 3.63) is 29.6 Å². The molecule has 0 bridgehead atoms. The lowest BCUT2D eigenvalue weighted by atomic mass is 10.1. The molecule has 4 heteroatoms. The number of nitrogens with one attached hydrogen (secondary N) is 1. The van der Waals surface area contributed by atoms with Crippen LogP contribution in [0.2, 0.25) is 0 Å². The number of nitriles is 1. The van der Waals surface area contributed by atoms with Gasteiger partial charge < -0.3 is 5.32 Å². The van der Waals surface area contributed by atoms with Crippen LogP contribution in [0.15, 0.2) is 18.3 Å². The number of pyridine rings is 1. The topological polar surface area (TPSA) is 65.8 Å². The number of carbonyl (C=O) groups is 1. The molecule has 1 aromatic rings. The third kappa shape index (κ3) is 5.52. The highest BCUT2D eigenvalue weighted by atomic mass is 16.1. The molecule has 1 rings (SSSR count). The number of rotatable bonds is 7. The summed E-state index contributed by atoms with van der Waals surface area (Å²) in [6.07, 6.45) is 7.22. The molecule has 1 unspecified atom stereocenters. The Labute approximate surface area is 114 Å². The molecule has 0 fully saturated rings. The van der Waals surface area contributed by atoms with E-state index in [-0.39, 0.29) is 11.9 Å². The molecule has 0 spiro atoms. The van der Waals surface area contributed by atoms with Gasteiger partial charge in [0.15, 0.2) is 0 Å². The Morgan fingerprint density at radius 2 is 2.21 bits per heavy atom. The fourth-order valence-corrected chi connectivity index (χ4v) is 1.84. The van der Waals surface area contributed by atoms with Gasteiger partial charge in [0.1, 0.15) is 11.8 Å². The van der Waals surface area contributed by atoms with E-state index in [4.69, 9.17) is 5.26 Å². The van der Waals surface area contributed by atoms with Crippen molar-refractivity contribution in [1.82, 2.24) is 10.3 Å². The van der Waals surface area contributed by atoms with Crippen molar-refractivity contribution in [2.75, 3.05) is 0 Å². The van der Waals surface area contributed by atoms with E-state index in [1.165, 1.54) is 25.5 Å². The van der Waals surface area contributed by atoms with Gasteiger partial charge in [0, 0.05) is 12.2 Å². The van der Waals surface area contributed by atoms with Crippen LogP contribution in [0.3, 0.4) is 0 Å². The van der Waals surface area contributed by atoms with Crippen molar-refractivity contribution >= 4 is 5.91 Å². The van der Waals surface area contributed by atoms with Gasteiger partial charge in [-0.2, -0.15) is 5.26 Å². The van der Waals surface area contributed by atoms with Crippen LogP contribution in [-0.2, 0) is 0 Å². The second-order valence-corrected chi connectivity index (χ2v) is 4.77. The second kappa shape index (κ2) is 8.25. The Kier molecular flexibility index (Phi) is 6.59. The average Bonchev–Trinajstić information content (AvgIpc) is 2.43. The first kappa shape index (κ1) is 15.2. The lowest BCUT2D eigenvalue weighted by Gasteiger charge is -2.13. The molecule has 1 aromatic heterocycles. The predicted octanol–water partition coefficient (Wildman–Crippen LogP) is 3.04. The van der Waals surface area contributed by atoms with E-state index in [0.29, 0.717) is 11.3 Å². The van der Waals surface area contributed by atoms with E-state index in [0.717, 1.165) is 12.8 Å². The number of unbranched alkanes of at least 4 members (excludes halogenated alkanes) is 3. The number of carbonyl (C=O) groups excluding carboxylic acids is 1. The molecule has 0 saturated heterocycles. The average molecular weight is 259 g/mol. The fraction of sp³-hybridized carbons (Fsp3) is 0.533. The molecule has 0 aromatic carbocycles. The summed E-state index contributed by atoms with van der Waals surface area (Å²) in [5.74, 6) is -0.174. The Bertz CT molecular complexity index is 434. The van der Waals surface area contributed by atoms with Gasteiger partial charge in [-0.05, 0) is 25.5 Å². The van der Waals surface area contributed by atoms with Crippen molar-refractivity contribution in [3.8, 4) is 6.07 Å². The summed E-state index contributed by atoms with van der Waals surface area (Å²) >= 11 is 0. The van der Waals surface area contributed by atoms with Crippen molar-refractivity contribution in [2.24, 2.45) is 0 Å². The first-order chi connectivity index (χ1) is 9.17. The zero-order valence-electron chi connectivity index (χ0n) is 11.6. The summed E-state index contributed by atoms with van der Waals surface area (Å²) in [6.45, 7) is 4.19. The monoisotopic (exact) mass is 259 g/mol. The van der Waals surface area contributed by atoms with E-state index in [1.54, 1.807) is 12.1 Å². The normalized spacial score (nSPS) is 11.6. The molecule has 1 amide bonds. The summed E-state index contributed by atoms with van der Waals surface area (Å²) in [5.41, 5.74) is 0.823. The first-order valence-electron chi connectivity index (χ1n) is 6.84. The fourth-order valence-electron chi connectivity index (χ4n) is 1.84. The summed E-state index contributed by atoms with van der Waals surface area (Å²) < 4.78 is 0. The Morgan fingerprint density at radius 1 is 1.42 bits per heavy atom. The van der Waals surface area contributed by atoms with Crippen molar-refractivity contribution in [1.29, 1.82) is 5.26 Å². The van der Waals surface area contributed by atoms with Gasteiger partial charge in [-0.15, -0.1) is 0 Å². The van der Waals surface area contributed by atoms with E-state index >= 15 is 0 Å². The van der Waals surface area contributed by atoms with Crippen molar-refractivity contribution < 1.29 is 4.79 Å². The number of aromatic nitrogens is 1. The maximum absolute atomic E-state index is 11.9. The van der Waals surface area contributed by atoms with Gasteiger partial charge in [0.25, 0.3) is 5.91 Å². The maximum Gasteiger partial charge on any atom is 0.270 e. The Morgan fingerprint density at radius 3 is 2.79 bits per heavy atom. The predicted molar refractivity (Wildman–Crippen MR) is 74.6 cm³/mol. The standard InChI is InChI=1S/C15H21N3O/c1-3-4-5-6-7-12(2)18-15(19)14-9-8-13(10-16)11-17-14/h8-9,11-12H,3-7H2,1-2H3,(H,18,19). The summed E-state index contributed by atoms with van der Waals surface area (Å²) in [5, 5.41) is 11.6. The number of nitrogens with zero attached hydrogens (tertiary/aromatic N) is 2. The SMILES string of the molecule is CCCCCCC(C)NC(=O)c1ccc(C#N)cn1. The van der Waals surface area contributed by atoms with E-state index in [1.807, 2.05) is 13.0 Å². The first-order valence-corrected chi connectivity index (χ1v) is 6.84. The molecule has 1 atom stereocenters. The van der Waals surface area contributed by atoms with E-state index < -0.39 is 0 Å². The van der Waals surface area contributed by atoms with E-state index in [2.05, 4.69) is 17.2 Å². The van der Waals surface area contributed by atoms with Crippen LogP contribution < -0.4 is 5.32 Å². The molecule has 0 radical (unpaired) electrons. The third-order valence-electron chi connectivity index (χ3n) is 2.99. The minimum Gasteiger partial charge on any atom is -0.348 e. The van der Waals surface area contributed by atoms with Crippen LogP contribution in [0.1, 0.15) is 62.0 Å². The molecule has 102 valence electrons. The Balaban J connectivity index is 2.39. The molecule has 1 N–H and O–H groups in total. The van der Waals surface area contributed by atoms with Crippen LogP contribution in [0.4, 0.5) is 0 Å². The largest absolute Gasteiger partial charge is 0.348 e. The maximum atomic E-state index is 11.9. The highest BCUT2D eigenvalue weighted by Gasteiger charge is 2.10. The third-order valence-corrected chi connectivity index (χ3v) is 2.99. The minimum absolute atomic E-state index is 0.154. The van der Waals surface area contributed by atoms with Crippen LogP contribution in [-0.4, -0.2) is 16.9 Å². The van der Waals surface area contributed by atoms with Crippen LogP contribution in [0.5, 0.6) is 0 Å². The summed E-state index contributed by atoms with van der Waals surface area (Å²) in [4.78, 5) is 15.9. The smallest absolute Gasteiger partial charge is 0.270 e. The highest BCUT2D eigenvalue weighted by molar-refractivity contribution is 5.92. The lowest BCUT2D eigenvalue weighted by molar-refractivity contribution is 0.0933. The van der Waals surface area contributed by atoms with Crippen molar-refractivity contribution in [3.63, 3.8) is 0 Å². The zero-order chi connectivity index (χ0) is 14.1. The lowest BCUT2D eigenvalue weighted by Crippen LogP contribution is -2.33. The molecule has 19 heavy (non-hydrogen) atoms. The molecular formula is C15H21N3O. The second-order valence-electron chi connectivity index (χ2n) is 4.77. The molecule has 0 aliphatic carbocycles. The number of amides is 1. The van der Waals surface area contributed by atoms with Crippen molar-refractivity contribution in [2.45, 2.75) is 52.0 Å². The molecular weight excluding hydrogens is 238 g/mol. The number of hydrogen-bond acceptors (Lipinski definition) is 3. The number of hydrogen-bond donors (Lipinski definition) is 1. The molecule has 4 nitrogen and oxygen atoms in total. The molecule has 0 saturated carbocycles. The molecule has 0 aliphatic rings. The van der Waals surface area contributed by atoms with Gasteiger partial charge in [-0.25, -0.2) is 4.98 Å². The van der Waals surface area contributed by atoms with E-state index in [9.17, 15) is 4.79 Å². The van der Waals surface area contributed by atoms with Crippen LogP contribution >= 0.6 is 0 Å². The quantitative estimate of drug-likeness (QED) is 0.765. The van der Waals surface area contributed by atoms with Gasteiger partial charge >= 0.3 is 0 Å². The summed E-state index contributed by atoms with van der Waals surface area (Å²) in [7, 11) is 0. The van der Waals surface area contributed by atoms with Crippen LogP contribution in [0.25, 0.3) is 0 Å². The molecule has 1 heterocycles. The minimum atomic E-state index is -0.174. The van der Waals surface area contributed by atoms with Crippen LogP contribution in [0, 0.1) is 11.3 Å². The van der Waals surface area contributed by atoms with Gasteiger partial charge in [-0.1, -0.05) is 32.6 Å².